The largest absolute Gasteiger partial charge is 0.244 e. The van der Waals surface area contributed by atoms with Gasteiger partial charge in [0.15, 0.2) is 0 Å². The molecular weight excluding hydrogens is 206 g/mol. The molecule has 2 heterocycles. The molecule has 0 amide bonds. The standard InChI is InChI=1S/C8H11NO2S2/c1-6(2)9-5-7-8(3-4-12-7)13(9,10)11/h3-4,6H,5H2,1-2H3. The minimum absolute atomic E-state index is 0.0459. The third-order valence-corrected chi connectivity index (χ3v) is 5.31. The highest BCUT2D eigenvalue weighted by Gasteiger charge is 2.36. The van der Waals surface area contributed by atoms with E-state index in [0.29, 0.717) is 11.4 Å². The van der Waals surface area contributed by atoms with E-state index in [-0.39, 0.29) is 6.04 Å². The van der Waals surface area contributed by atoms with E-state index in [9.17, 15) is 8.42 Å². The minimum Gasteiger partial charge on any atom is -0.207 e. The normalized spacial score (nSPS) is 20.8. The molecule has 0 fully saturated rings. The molecule has 0 unspecified atom stereocenters. The van der Waals surface area contributed by atoms with E-state index in [2.05, 4.69) is 0 Å². The number of hydrogen-bond donors (Lipinski definition) is 0. The first-order valence-corrected chi connectivity index (χ1v) is 6.43. The molecule has 1 aliphatic rings. The summed E-state index contributed by atoms with van der Waals surface area (Å²) in [6.45, 7) is 4.34. The van der Waals surface area contributed by atoms with Crippen LogP contribution < -0.4 is 0 Å². The highest BCUT2D eigenvalue weighted by Crippen LogP contribution is 2.35. The zero-order valence-electron chi connectivity index (χ0n) is 7.52. The van der Waals surface area contributed by atoms with Gasteiger partial charge in [-0.05, 0) is 25.3 Å². The smallest absolute Gasteiger partial charge is 0.207 e. The number of fused-ring (bicyclic) bond motifs is 1. The van der Waals surface area contributed by atoms with Gasteiger partial charge in [0, 0.05) is 17.5 Å². The maximum Gasteiger partial charge on any atom is 0.244 e. The van der Waals surface area contributed by atoms with Crippen molar-refractivity contribution in [2.45, 2.75) is 31.3 Å². The monoisotopic (exact) mass is 217 g/mol. The van der Waals surface area contributed by atoms with Crippen molar-refractivity contribution in [1.29, 1.82) is 0 Å². The van der Waals surface area contributed by atoms with Gasteiger partial charge in [-0.3, -0.25) is 0 Å². The van der Waals surface area contributed by atoms with Crippen LogP contribution in [0.5, 0.6) is 0 Å². The minimum atomic E-state index is -3.16. The van der Waals surface area contributed by atoms with Crippen molar-refractivity contribution < 1.29 is 8.42 Å². The third-order valence-electron chi connectivity index (χ3n) is 2.17. The Balaban J connectivity index is 2.52. The van der Waals surface area contributed by atoms with Crippen LogP contribution in [0.25, 0.3) is 0 Å². The van der Waals surface area contributed by atoms with E-state index in [1.807, 2.05) is 19.2 Å². The summed E-state index contributed by atoms with van der Waals surface area (Å²) in [6, 6.07) is 1.74. The summed E-state index contributed by atoms with van der Waals surface area (Å²) in [5.41, 5.74) is 0. The van der Waals surface area contributed by atoms with Gasteiger partial charge in [-0.1, -0.05) is 0 Å². The highest BCUT2D eigenvalue weighted by molar-refractivity contribution is 7.89. The zero-order valence-corrected chi connectivity index (χ0v) is 9.15. The number of thiophene rings is 1. The molecule has 0 saturated heterocycles. The average molecular weight is 217 g/mol. The van der Waals surface area contributed by atoms with Crippen molar-refractivity contribution >= 4 is 21.4 Å². The van der Waals surface area contributed by atoms with Gasteiger partial charge in [-0.15, -0.1) is 11.3 Å². The van der Waals surface area contributed by atoms with Crippen LogP contribution in [0, 0.1) is 0 Å². The molecule has 13 heavy (non-hydrogen) atoms. The van der Waals surface area contributed by atoms with Gasteiger partial charge < -0.3 is 0 Å². The number of hydrogen-bond acceptors (Lipinski definition) is 3. The quantitative estimate of drug-likeness (QED) is 0.717. The zero-order chi connectivity index (χ0) is 9.64. The molecule has 0 spiro atoms. The second kappa shape index (κ2) is 2.80. The van der Waals surface area contributed by atoms with Crippen molar-refractivity contribution in [3.05, 3.63) is 16.3 Å². The summed E-state index contributed by atoms with van der Waals surface area (Å²) in [7, 11) is -3.16. The highest BCUT2D eigenvalue weighted by atomic mass is 32.2. The second-order valence-corrected chi connectivity index (χ2v) is 6.21. The van der Waals surface area contributed by atoms with Gasteiger partial charge in [0.25, 0.3) is 0 Å². The van der Waals surface area contributed by atoms with Crippen LogP contribution in [0.1, 0.15) is 18.7 Å². The number of rotatable bonds is 1. The molecule has 72 valence electrons. The van der Waals surface area contributed by atoms with Crippen LogP contribution in [0.15, 0.2) is 16.3 Å². The van der Waals surface area contributed by atoms with Crippen LogP contribution in [0.3, 0.4) is 0 Å². The Labute approximate surface area is 82.0 Å². The lowest BCUT2D eigenvalue weighted by Gasteiger charge is -2.18. The van der Waals surface area contributed by atoms with Crippen molar-refractivity contribution in [2.75, 3.05) is 0 Å². The molecule has 5 heteroatoms. The Morgan fingerprint density at radius 3 is 2.77 bits per heavy atom. The van der Waals surface area contributed by atoms with E-state index in [0.717, 1.165) is 4.88 Å². The summed E-state index contributed by atoms with van der Waals surface area (Å²) in [6.07, 6.45) is 0. The van der Waals surface area contributed by atoms with Gasteiger partial charge in [0.05, 0.1) is 4.90 Å². The van der Waals surface area contributed by atoms with E-state index in [1.165, 1.54) is 15.6 Å². The predicted molar refractivity (Wildman–Crippen MR) is 52.2 cm³/mol. The molecule has 0 bridgehead atoms. The van der Waals surface area contributed by atoms with Gasteiger partial charge in [-0.2, -0.15) is 4.31 Å². The molecule has 0 atom stereocenters. The van der Waals surface area contributed by atoms with Crippen molar-refractivity contribution in [3.63, 3.8) is 0 Å². The Kier molecular flexibility index (Phi) is 1.98. The van der Waals surface area contributed by atoms with Crippen LogP contribution >= 0.6 is 11.3 Å². The first-order valence-electron chi connectivity index (χ1n) is 4.11. The molecule has 1 aromatic heterocycles. The molecule has 0 N–H and O–H groups in total. The molecule has 0 aromatic carbocycles. The summed E-state index contributed by atoms with van der Waals surface area (Å²) in [5.74, 6) is 0. The average Bonchev–Trinajstić information content (AvgIpc) is 2.52. The molecule has 3 nitrogen and oxygen atoms in total. The van der Waals surface area contributed by atoms with Gasteiger partial charge in [0.2, 0.25) is 10.0 Å². The first-order chi connectivity index (χ1) is 6.03. The summed E-state index contributed by atoms with van der Waals surface area (Å²) >= 11 is 1.51. The molecule has 2 rings (SSSR count). The maximum atomic E-state index is 11.8. The fourth-order valence-corrected chi connectivity index (χ4v) is 4.58. The number of nitrogens with zero attached hydrogens (tertiary/aromatic N) is 1. The summed E-state index contributed by atoms with van der Waals surface area (Å²) in [5, 5.41) is 1.83. The van der Waals surface area contributed by atoms with Crippen LogP contribution in [0.2, 0.25) is 0 Å². The fraction of sp³-hybridized carbons (Fsp3) is 0.500. The third kappa shape index (κ3) is 1.22. The van der Waals surface area contributed by atoms with E-state index in [4.69, 9.17) is 0 Å². The van der Waals surface area contributed by atoms with Gasteiger partial charge >= 0.3 is 0 Å². The van der Waals surface area contributed by atoms with E-state index >= 15 is 0 Å². The Hall–Kier alpha value is -0.390. The van der Waals surface area contributed by atoms with Crippen LogP contribution in [0.4, 0.5) is 0 Å². The van der Waals surface area contributed by atoms with Gasteiger partial charge in [-0.25, -0.2) is 8.42 Å². The van der Waals surface area contributed by atoms with E-state index in [1.54, 1.807) is 6.07 Å². The Morgan fingerprint density at radius 1 is 1.54 bits per heavy atom. The first kappa shape index (κ1) is 9.18. The number of sulfonamides is 1. The lowest BCUT2D eigenvalue weighted by molar-refractivity contribution is 0.365. The van der Waals surface area contributed by atoms with E-state index < -0.39 is 10.0 Å². The fourth-order valence-electron chi connectivity index (χ4n) is 1.49. The molecule has 0 radical (unpaired) electrons. The lowest BCUT2D eigenvalue weighted by atomic mass is 10.4. The SMILES string of the molecule is CC(C)N1Cc2sccc2S1(=O)=O. The van der Waals surface area contributed by atoms with Crippen molar-refractivity contribution in [2.24, 2.45) is 0 Å². The second-order valence-electron chi connectivity index (χ2n) is 3.35. The van der Waals surface area contributed by atoms with Gasteiger partial charge in [0.1, 0.15) is 0 Å². The Morgan fingerprint density at radius 2 is 2.23 bits per heavy atom. The Bertz CT molecular complexity index is 419. The maximum absolute atomic E-state index is 11.8. The molecule has 0 saturated carbocycles. The van der Waals surface area contributed by atoms with Crippen molar-refractivity contribution in [3.8, 4) is 0 Å². The van der Waals surface area contributed by atoms with Crippen molar-refractivity contribution in [1.82, 2.24) is 4.31 Å². The predicted octanol–water partition coefficient (Wildman–Crippen LogP) is 1.66. The molecule has 1 aliphatic heterocycles. The topological polar surface area (TPSA) is 37.4 Å². The summed E-state index contributed by atoms with van der Waals surface area (Å²) in [4.78, 5) is 1.47. The summed E-state index contributed by atoms with van der Waals surface area (Å²) < 4.78 is 25.2. The molecule has 1 aromatic rings. The molecule has 0 aliphatic carbocycles. The van der Waals surface area contributed by atoms with Crippen LogP contribution in [-0.2, 0) is 16.6 Å². The van der Waals surface area contributed by atoms with Crippen LogP contribution in [-0.4, -0.2) is 18.8 Å². The molecular formula is C8H11NO2S2. The lowest BCUT2D eigenvalue weighted by Crippen LogP contribution is -2.31.